The van der Waals surface area contributed by atoms with E-state index in [0.29, 0.717) is 0 Å². The van der Waals surface area contributed by atoms with Crippen molar-refractivity contribution in [3.63, 3.8) is 0 Å². The smallest absolute Gasteiger partial charge is 0.305 e. The second-order valence-corrected chi connectivity index (χ2v) is 2.77. The number of hydrogen-bond acceptors (Lipinski definition) is 4. The maximum Gasteiger partial charge on any atom is 0.305 e. The van der Waals surface area contributed by atoms with Gasteiger partial charge in [0.25, 0.3) is 0 Å². The van der Waals surface area contributed by atoms with Gasteiger partial charge >= 0.3 is 5.69 Å². The number of halogens is 1. The van der Waals surface area contributed by atoms with E-state index in [9.17, 15) is 14.5 Å². The molecule has 14 heavy (non-hydrogen) atoms. The first-order valence-corrected chi connectivity index (χ1v) is 3.72. The Morgan fingerprint density at radius 3 is 2.64 bits per heavy atom. The van der Waals surface area contributed by atoms with E-state index in [1.165, 1.54) is 6.92 Å². The molecule has 0 fully saturated rings. The minimum Gasteiger partial charge on any atom is -0.398 e. The molecule has 0 heterocycles. The third-order valence-corrected chi connectivity index (χ3v) is 1.72. The average molecular weight is 197 g/mol. The SMILES string of the molecule is CC(=N)c1cc([N+](=O)[O-])c(F)cc1N. The van der Waals surface area contributed by atoms with E-state index in [4.69, 9.17) is 11.1 Å². The van der Waals surface area contributed by atoms with Crippen LogP contribution in [0.2, 0.25) is 0 Å². The van der Waals surface area contributed by atoms with Gasteiger partial charge in [0.05, 0.1) is 4.92 Å². The molecule has 1 aromatic rings. The maximum absolute atomic E-state index is 13.0. The van der Waals surface area contributed by atoms with Gasteiger partial charge in [-0.05, 0) is 6.92 Å². The van der Waals surface area contributed by atoms with E-state index < -0.39 is 16.4 Å². The molecule has 3 N–H and O–H groups in total. The van der Waals surface area contributed by atoms with Gasteiger partial charge in [-0.2, -0.15) is 4.39 Å². The first-order valence-electron chi connectivity index (χ1n) is 3.72. The summed E-state index contributed by atoms with van der Waals surface area (Å²) in [5.74, 6) is -0.988. The molecule has 0 bridgehead atoms. The number of nitro groups is 1. The molecule has 74 valence electrons. The number of benzene rings is 1. The van der Waals surface area contributed by atoms with E-state index in [1.807, 2.05) is 0 Å². The summed E-state index contributed by atoms with van der Waals surface area (Å²) < 4.78 is 13.0. The summed E-state index contributed by atoms with van der Waals surface area (Å²) in [4.78, 5) is 9.52. The molecule has 1 rings (SSSR count). The highest BCUT2D eigenvalue weighted by Crippen LogP contribution is 2.23. The molecule has 0 unspecified atom stereocenters. The first-order chi connectivity index (χ1) is 6.43. The molecule has 0 atom stereocenters. The van der Waals surface area contributed by atoms with Gasteiger partial charge in [-0.3, -0.25) is 10.1 Å². The van der Waals surface area contributed by atoms with Crippen LogP contribution in [-0.4, -0.2) is 10.6 Å². The molecule has 0 saturated carbocycles. The molecule has 0 amide bonds. The standard InChI is InChI=1S/C8H8FN3O2/c1-4(10)5-2-8(12(13)14)6(9)3-7(5)11/h2-3,10H,11H2,1H3. The summed E-state index contributed by atoms with van der Waals surface area (Å²) in [7, 11) is 0. The predicted octanol–water partition coefficient (Wildman–Crippen LogP) is 1.70. The highest BCUT2D eigenvalue weighted by atomic mass is 19.1. The Bertz CT molecular complexity index is 382. The summed E-state index contributed by atoms with van der Waals surface area (Å²) in [6.45, 7) is 1.42. The average Bonchev–Trinajstić information content (AvgIpc) is 2.02. The van der Waals surface area contributed by atoms with Crippen molar-refractivity contribution in [1.29, 1.82) is 5.41 Å². The van der Waals surface area contributed by atoms with Crippen molar-refractivity contribution in [2.45, 2.75) is 6.92 Å². The lowest BCUT2D eigenvalue weighted by molar-refractivity contribution is -0.387. The van der Waals surface area contributed by atoms with Crippen molar-refractivity contribution in [3.05, 3.63) is 33.6 Å². The normalized spacial score (nSPS) is 9.86. The third-order valence-electron chi connectivity index (χ3n) is 1.72. The Hall–Kier alpha value is -1.98. The second kappa shape index (κ2) is 3.41. The van der Waals surface area contributed by atoms with E-state index >= 15 is 0 Å². The lowest BCUT2D eigenvalue weighted by Crippen LogP contribution is -2.03. The zero-order valence-electron chi connectivity index (χ0n) is 7.37. The Labute approximate surface area is 79.0 Å². The summed E-state index contributed by atoms with van der Waals surface area (Å²) in [6, 6.07) is 1.82. The fourth-order valence-electron chi connectivity index (χ4n) is 1.04. The molecule has 0 aliphatic rings. The number of nitrogen functional groups attached to an aromatic ring is 1. The van der Waals surface area contributed by atoms with Crippen molar-refractivity contribution in [2.75, 3.05) is 5.73 Å². The fraction of sp³-hybridized carbons (Fsp3) is 0.125. The second-order valence-electron chi connectivity index (χ2n) is 2.77. The van der Waals surface area contributed by atoms with Gasteiger partial charge in [0, 0.05) is 29.1 Å². The van der Waals surface area contributed by atoms with Crippen LogP contribution in [0.3, 0.4) is 0 Å². The van der Waals surface area contributed by atoms with Gasteiger partial charge in [0.15, 0.2) is 0 Å². The first kappa shape index (κ1) is 10.1. The summed E-state index contributed by atoms with van der Waals surface area (Å²) in [5.41, 5.74) is 4.99. The molecule has 1 aromatic carbocycles. The summed E-state index contributed by atoms with van der Waals surface area (Å²) >= 11 is 0. The topological polar surface area (TPSA) is 93.0 Å². The van der Waals surface area contributed by atoms with Crippen LogP contribution in [0.1, 0.15) is 12.5 Å². The zero-order valence-corrected chi connectivity index (χ0v) is 7.37. The van der Waals surface area contributed by atoms with Crippen LogP contribution in [0, 0.1) is 21.3 Å². The number of hydrogen-bond donors (Lipinski definition) is 2. The number of nitrogens with two attached hydrogens (primary N) is 1. The van der Waals surface area contributed by atoms with Gasteiger partial charge in [-0.1, -0.05) is 0 Å². The molecule has 0 radical (unpaired) electrons. The molecule has 0 spiro atoms. The van der Waals surface area contributed by atoms with Crippen LogP contribution < -0.4 is 5.73 Å². The monoisotopic (exact) mass is 197 g/mol. The van der Waals surface area contributed by atoms with Gasteiger partial charge in [0.1, 0.15) is 0 Å². The molecular weight excluding hydrogens is 189 g/mol. The Kier molecular flexibility index (Phi) is 2.46. The minimum absolute atomic E-state index is 0.0283. The van der Waals surface area contributed by atoms with Crippen molar-refractivity contribution in [3.8, 4) is 0 Å². The van der Waals surface area contributed by atoms with Crippen LogP contribution in [0.4, 0.5) is 15.8 Å². The molecule has 0 aromatic heterocycles. The predicted molar refractivity (Wildman–Crippen MR) is 50.0 cm³/mol. The van der Waals surface area contributed by atoms with E-state index in [2.05, 4.69) is 0 Å². The van der Waals surface area contributed by atoms with Crippen LogP contribution in [0.15, 0.2) is 12.1 Å². The summed E-state index contributed by atoms with van der Waals surface area (Å²) in [6.07, 6.45) is 0. The zero-order chi connectivity index (χ0) is 10.9. The molecule has 0 saturated heterocycles. The number of rotatable bonds is 2. The van der Waals surface area contributed by atoms with Gasteiger partial charge in [0.2, 0.25) is 5.82 Å². The molecule has 5 nitrogen and oxygen atoms in total. The fourth-order valence-corrected chi connectivity index (χ4v) is 1.04. The molecule has 0 aliphatic carbocycles. The molecule has 0 aliphatic heterocycles. The van der Waals surface area contributed by atoms with Crippen LogP contribution >= 0.6 is 0 Å². The minimum atomic E-state index is -0.988. The molecular formula is C8H8FN3O2. The quantitative estimate of drug-likeness (QED) is 0.327. The van der Waals surface area contributed by atoms with Crippen LogP contribution in [0.25, 0.3) is 0 Å². The third kappa shape index (κ3) is 1.68. The van der Waals surface area contributed by atoms with Crippen molar-refractivity contribution in [1.82, 2.24) is 0 Å². The Balaban J connectivity index is 3.42. The van der Waals surface area contributed by atoms with Crippen LogP contribution in [0.5, 0.6) is 0 Å². The highest BCUT2D eigenvalue weighted by Gasteiger charge is 2.17. The molecule has 6 heteroatoms. The van der Waals surface area contributed by atoms with Crippen molar-refractivity contribution >= 4 is 17.1 Å². The van der Waals surface area contributed by atoms with E-state index in [-0.39, 0.29) is 17.0 Å². The Morgan fingerprint density at radius 2 is 2.21 bits per heavy atom. The van der Waals surface area contributed by atoms with Crippen LogP contribution in [-0.2, 0) is 0 Å². The van der Waals surface area contributed by atoms with Gasteiger partial charge < -0.3 is 11.1 Å². The highest BCUT2D eigenvalue weighted by molar-refractivity contribution is 6.01. The lowest BCUT2D eigenvalue weighted by atomic mass is 10.1. The van der Waals surface area contributed by atoms with E-state index in [0.717, 1.165) is 12.1 Å². The maximum atomic E-state index is 13.0. The Morgan fingerprint density at radius 1 is 1.64 bits per heavy atom. The lowest BCUT2D eigenvalue weighted by Gasteiger charge is -2.03. The van der Waals surface area contributed by atoms with Gasteiger partial charge in [-0.15, -0.1) is 0 Å². The largest absolute Gasteiger partial charge is 0.398 e. The van der Waals surface area contributed by atoms with Crippen molar-refractivity contribution < 1.29 is 9.31 Å². The number of nitrogens with zero attached hydrogens (tertiary/aromatic N) is 1. The number of nitrogens with one attached hydrogen (secondary N) is 1. The van der Waals surface area contributed by atoms with Crippen molar-refractivity contribution in [2.24, 2.45) is 0 Å². The van der Waals surface area contributed by atoms with E-state index in [1.54, 1.807) is 0 Å². The number of nitro benzene ring substituents is 1. The van der Waals surface area contributed by atoms with Gasteiger partial charge in [-0.25, -0.2) is 0 Å². The summed E-state index contributed by atoms with van der Waals surface area (Å²) in [5, 5.41) is 17.6. The number of anilines is 1.